The molecule has 0 saturated carbocycles. The van der Waals surface area contributed by atoms with Crippen LogP contribution in [0.3, 0.4) is 0 Å². The smallest absolute Gasteiger partial charge is 0.336 e. The highest BCUT2D eigenvalue weighted by atomic mass is 32.2. The minimum absolute atomic E-state index is 0.0907. The third-order valence-corrected chi connectivity index (χ3v) is 5.08. The van der Waals surface area contributed by atoms with Crippen molar-refractivity contribution in [1.29, 1.82) is 5.41 Å². The zero-order chi connectivity index (χ0) is 22.4. The Hall–Kier alpha value is -3.34. The molecule has 0 aromatic heterocycles. The first-order valence-corrected chi connectivity index (χ1v) is 9.87. The molecule has 1 atom stereocenters. The number of methoxy groups -OCH3 is 1. The van der Waals surface area contributed by atoms with Crippen LogP contribution in [0, 0.1) is 15.5 Å². The number of esters is 2. The molecule has 1 heterocycles. The van der Waals surface area contributed by atoms with Crippen molar-refractivity contribution >= 4 is 34.6 Å². The Kier molecular flexibility index (Phi) is 7.59. The standard InChI is InChI=1S/C19H22N4O6S/c1-4-29-18(25)16-13(9-30-19(20)21)22-10(2)14(17(24)28-3)15(16)11-6-5-7-12(8-11)23(26)27/h5-8,15,22H,4,9H2,1-3H3,(H3,20,21). The van der Waals surface area contributed by atoms with Crippen molar-refractivity contribution in [2.45, 2.75) is 19.8 Å². The molecule has 0 saturated heterocycles. The van der Waals surface area contributed by atoms with E-state index in [-0.39, 0.29) is 34.4 Å². The summed E-state index contributed by atoms with van der Waals surface area (Å²) in [7, 11) is 1.21. The first kappa shape index (κ1) is 22.9. The predicted molar refractivity (Wildman–Crippen MR) is 112 cm³/mol. The van der Waals surface area contributed by atoms with Gasteiger partial charge in [-0.1, -0.05) is 23.9 Å². The number of hydrogen-bond acceptors (Lipinski definition) is 9. The van der Waals surface area contributed by atoms with Gasteiger partial charge in [0.05, 0.1) is 35.7 Å². The van der Waals surface area contributed by atoms with Gasteiger partial charge in [0.1, 0.15) is 0 Å². The largest absolute Gasteiger partial charge is 0.466 e. The van der Waals surface area contributed by atoms with Gasteiger partial charge in [0.2, 0.25) is 0 Å². The Labute approximate surface area is 177 Å². The monoisotopic (exact) mass is 434 g/mol. The normalized spacial score (nSPS) is 16.0. The second-order valence-electron chi connectivity index (χ2n) is 6.21. The summed E-state index contributed by atoms with van der Waals surface area (Å²) in [5.74, 6) is -2.19. The first-order chi connectivity index (χ1) is 14.2. The van der Waals surface area contributed by atoms with Gasteiger partial charge in [-0.15, -0.1) is 0 Å². The number of thioether (sulfide) groups is 1. The fourth-order valence-electron chi connectivity index (χ4n) is 3.14. The fraction of sp³-hybridized carbons (Fsp3) is 0.316. The fourth-order valence-corrected chi connectivity index (χ4v) is 3.67. The zero-order valence-corrected chi connectivity index (χ0v) is 17.5. The first-order valence-electron chi connectivity index (χ1n) is 8.88. The van der Waals surface area contributed by atoms with Crippen LogP contribution in [0.2, 0.25) is 0 Å². The van der Waals surface area contributed by atoms with Crippen molar-refractivity contribution < 1.29 is 24.0 Å². The highest BCUT2D eigenvalue weighted by Crippen LogP contribution is 2.40. The van der Waals surface area contributed by atoms with E-state index < -0.39 is 22.8 Å². The number of nitrogens with one attached hydrogen (secondary N) is 2. The van der Waals surface area contributed by atoms with Gasteiger partial charge in [-0.25, -0.2) is 9.59 Å². The van der Waals surface area contributed by atoms with Gasteiger partial charge in [-0.3, -0.25) is 15.5 Å². The van der Waals surface area contributed by atoms with Gasteiger partial charge in [0.15, 0.2) is 5.17 Å². The lowest BCUT2D eigenvalue weighted by molar-refractivity contribution is -0.384. The molecule has 0 amide bonds. The van der Waals surface area contributed by atoms with Crippen molar-refractivity contribution in [2.75, 3.05) is 19.5 Å². The second-order valence-corrected chi connectivity index (χ2v) is 7.22. The number of dihydropyridines is 1. The van der Waals surface area contributed by atoms with Gasteiger partial charge in [0, 0.05) is 29.3 Å². The molecule has 30 heavy (non-hydrogen) atoms. The van der Waals surface area contributed by atoms with Crippen LogP contribution in [0.5, 0.6) is 0 Å². The number of nitrogens with two attached hydrogens (primary N) is 1. The summed E-state index contributed by atoms with van der Waals surface area (Å²) in [4.78, 5) is 36.2. The number of hydrogen-bond donors (Lipinski definition) is 3. The number of nitro groups is 1. The number of non-ortho nitro benzene ring substituents is 1. The molecule has 4 N–H and O–H groups in total. The van der Waals surface area contributed by atoms with Crippen LogP contribution >= 0.6 is 11.8 Å². The van der Waals surface area contributed by atoms with Crippen molar-refractivity contribution in [2.24, 2.45) is 5.73 Å². The average Bonchev–Trinajstić information content (AvgIpc) is 2.71. The lowest BCUT2D eigenvalue weighted by atomic mass is 9.80. The average molecular weight is 434 g/mol. The van der Waals surface area contributed by atoms with Crippen LogP contribution in [0.4, 0.5) is 5.69 Å². The van der Waals surface area contributed by atoms with Crippen LogP contribution in [0.15, 0.2) is 46.8 Å². The molecule has 1 aromatic carbocycles. The molecule has 1 aromatic rings. The van der Waals surface area contributed by atoms with Crippen molar-refractivity contribution in [3.05, 3.63) is 62.5 Å². The number of ether oxygens (including phenoxy) is 2. The van der Waals surface area contributed by atoms with E-state index in [4.69, 9.17) is 20.6 Å². The lowest BCUT2D eigenvalue weighted by Crippen LogP contribution is -2.34. The maximum absolute atomic E-state index is 12.9. The third-order valence-electron chi connectivity index (χ3n) is 4.33. The molecule has 11 heteroatoms. The molecule has 0 fully saturated rings. The van der Waals surface area contributed by atoms with Gasteiger partial charge >= 0.3 is 11.9 Å². The molecule has 0 aliphatic carbocycles. The molecule has 160 valence electrons. The number of carbonyl (C=O) groups excluding carboxylic acids is 2. The molecular formula is C19H22N4O6S. The number of nitro benzene ring substituents is 1. The molecule has 1 aliphatic heterocycles. The Morgan fingerprint density at radius 2 is 2.03 bits per heavy atom. The van der Waals surface area contributed by atoms with E-state index in [9.17, 15) is 19.7 Å². The van der Waals surface area contributed by atoms with Gasteiger partial charge < -0.3 is 20.5 Å². The summed E-state index contributed by atoms with van der Waals surface area (Å²) in [5.41, 5.74) is 6.68. The van der Waals surface area contributed by atoms with Gasteiger partial charge in [0.25, 0.3) is 5.69 Å². The predicted octanol–water partition coefficient (Wildman–Crippen LogP) is 2.17. The molecule has 1 aliphatic rings. The summed E-state index contributed by atoms with van der Waals surface area (Å²) >= 11 is 0.986. The maximum Gasteiger partial charge on any atom is 0.336 e. The molecule has 1 unspecified atom stereocenters. The van der Waals surface area contributed by atoms with Crippen molar-refractivity contribution in [1.82, 2.24) is 5.32 Å². The Balaban J connectivity index is 2.75. The van der Waals surface area contributed by atoms with E-state index in [1.165, 1.54) is 25.3 Å². The maximum atomic E-state index is 12.9. The molecule has 0 spiro atoms. The van der Waals surface area contributed by atoms with E-state index in [0.717, 1.165) is 11.8 Å². The molecular weight excluding hydrogens is 412 g/mol. The molecule has 2 rings (SSSR count). The third kappa shape index (κ3) is 4.98. The summed E-state index contributed by atoms with van der Waals surface area (Å²) in [6.45, 7) is 3.37. The van der Waals surface area contributed by atoms with E-state index >= 15 is 0 Å². The second kappa shape index (κ2) is 9.92. The number of rotatable bonds is 7. The topological polar surface area (TPSA) is 158 Å². The summed E-state index contributed by atoms with van der Waals surface area (Å²) in [5, 5.41) is 21.6. The summed E-state index contributed by atoms with van der Waals surface area (Å²) in [6, 6.07) is 5.70. The van der Waals surface area contributed by atoms with E-state index in [2.05, 4.69) is 5.32 Å². The van der Waals surface area contributed by atoms with Crippen LogP contribution < -0.4 is 11.1 Å². The Morgan fingerprint density at radius 1 is 1.33 bits per heavy atom. The number of nitrogens with zero attached hydrogens (tertiary/aromatic N) is 1. The SMILES string of the molecule is CCOC(=O)C1=C(CSC(=N)N)NC(C)=C(C(=O)OC)C1c1cccc([N+](=O)[O-])c1. The quantitative estimate of drug-likeness (QED) is 0.192. The number of allylic oxidation sites excluding steroid dienone is 1. The van der Waals surface area contributed by atoms with E-state index in [1.807, 2.05) is 0 Å². The Bertz CT molecular complexity index is 956. The van der Waals surface area contributed by atoms with Gasteiger partial charge in [-0.2, -0.15) is 0 Å². The minimum Gasteiger partial charge on any atom is -0.466 e. The summed E-state index contributed by atoms with van der Waals surface area (Å²) in [6.07, 6.45) is 0. The summed E-state index contributed by atoms with van der Waals surface area (Å²) < 4.78 is 10.1. The minimum atomic E-state index is -0.958. The lowest BCUT2D eigenvalue weighted by Gasteiger charge is -2.31. The highest BCUT2D eigenvalue weighted by molar-refractivity contribution is 8.13. The number of carbonyl (C=O) groups is 2. The van der Waals surface area contributed by atoms with E-state index in [1.54, 1.807) is 19.9 Å². The molecule has 10 nitrogen and oxygen atoms in total. The van der Waals surface area contributed by atoms with Crippen LogP contribution in [-0.4, -0.2) is 41.5 Å². The number of amidine groups is 1. The molecule has 0 bridgehead atoms. The van der Waals surface area contributed by atoms with E-state index in [0.29, 0.717) is 17.0 Å². The molecule has 0 radical (unpaired) electrons. The Morgan fingerprint density at radius 3 is 2.60 bits per heavy atom. The van der Waals surface area contributed by atoms with Crippen molar-refractivity contribution in [3.8, 4) is 0 Å². The number of benzene rings is 1. The van der Waals surface area contributed by atoms with Crippen molar-refractivity contribution in [3.63, 3.8) is 0 Å². The zero-order valence-electron chi connectivity index (χ0n) is 16.7. The highest BCUT2D eigenvalue weighted by Gasteiger charge is 2.39. The van der Waals surface area contributed by atoms with Crippen LogP contribution in [-0.2, 0) is 19.1 Å². The van der Waals surface area contributed by atoms with Crippen LogP contribution in [0.25, 0.3) is 0 Å². The van der Waals surface area contributed by atoms with Gasteiger partial charge in [-0.05, 0) is 19.4 Å². The van der Waals surface area contributed by atoms with Crippen LogP contribution in [0.1, 0.15) is 25.3 Å².